The predicted octanol–water partition coefficient (Wildman–Crippen LogP) is 3.70. The fourth-order valence-corrected chi connectivity index (χ4v) is 3.90. The number of H-pyrrole nitrogens is 1. The number of fused-ring (bicyclic) bond motifs is 1. The summed E-state index contributed by atoms with van der Waals surface area (Å²) in [7, 11) is 0. The van der Waals surface area contributed by atoms with E-state index in [1.807, 2.05) is 54.0 Å². The molecule has 7 heteroatoms. The van der Waals surface area contributed by atoms with E-state index in [9.17, 15) is 9.90 Å². The van der Waals surface area contributed by atoms with Crippen LogP contribution in [0, 0.1) is 0 Å². The molecule has 0 radical (unpaired) electrons. The first-order valence-electron chi connectivity index (χ1n) is 8.97. The van der Waals surface area contributed by atoms with Gasteiger partial charge < -0.3 is 20.7 Å². The number of thiophene rings is 1. The van der Waals surface area contributed by atoms with Gasteiger partial charge in [-0.1, -0.05) is 30.3 Å². The van der Waals surface area contributed by atoms with Crippen molar-refractivity contribution in [2.24, 2.45) is 0 Å². The van der Waals surface area contributed by atoms with Gasteiger partial charge in [0.05, 0.1) is 23.9 Å². The van der Waals surface area contributed by atoms with E-state index in [0.29, 0.717) is 12.0 Å². The normalized spacial score (nSPS) is 12.0. The van der Waals surface area contributed by atoms with E-state index >= 15 is 0 Å². The number of pyridine rings is 1. The maximum atomic E-state index is 12.8. The monoisotopic (exact) mass is 392 g/mol. The molecule has 4 aromatic rings. The number of aliphatic hydroxyl groups excluding tert-OH is 1. The molecule has 0 saturated heterocycles. The minimum absolute atomic E-state index is 0.123. The topological polar surface area (TPSA) is 90.0 Å². The lowest BCUT2D eigenvalue weighted by atomic mass is 10.1. The largest absolute Gasteiger partial charge is 0.394 e. The molecule has 0 aliphatic heterocycles. The highest BCUT2D eigenvalue weighted by atomic mass is 32.1. The van der Waals surface area contributed by atoms with Crippen LogP contribution < -0.4 is 10.6 Å². The van der Waals surface area contributed by atoms with Crippen LogP contribution >= 0.6 is 11.3 Å². The number of carbonyl (C=O) groups excluding carboxylic acids is 1. The minimum atomic E-state index is -0.347. The molecule has 1 aromatic carbocycles. The molecule has 0 spiro atoms. The van der Waals surface area contributed by atoms with E-state index in [1.165, 1.54) is 11.3 Å². The zero-order valence-electron chi connectivity index (χ0n) is 15.1. The average molecular weight is 392 g/mol. The van der Waals surface area contributed by atoms with E-state index in [0.717, 1.165) is 27.3 Å². The van der Waals surface area contributed by atoms with Crippen molar-refractivity contribution < 1.29 is 9.90 Å². The Bertz CT molecular complexity index is 1070. The first kappa shape index (κ1) is 18.2. The number of aliphatic hydroxyl groups is 1. The van der Waals surface area contributed by atoms with Crippen LogP contribution in [0.2, 0.25) is 0 Å². The lowest BCUT2D eigenvalue weighted by Gasteiger charge is -2.17. The number of nitrogens with zero attached hydrogens (tertiary/aromatic N) is 1. The maximum Gasteiger partial charge on any atom is 0.254 e. The summed E-state index contributed by atoms with van der Waals surface area (Å²) in [5.41, 5.74) is 3.29. The second-order valence-electron chi connectivity index (χ2n) is 6.43. The third kappa shape index (κ3) is 3.90. The summed E-state index contributed by atoms with van der Waals surface area (Å²) in [4.78, 5) is 20.2. The summed E-state index contributed by atoms with van der Waals surface area (Å²) < 4.78 is 0. The SMILES string of the molecule is O=C(N[C@H](CO)Cc1ccccc1)c1ccsc1Nc1ccnc2[nH]ccc12. The first-order valence-corrected chi connectivity index (χ1v) is 9.85. The van der Waals surface area contributed by atoms with Crippen molar-refractivity contribution in [1.29, 1.82) is 0 Å². The summed E-state index contributed by atoms with van der Waals surface area (Å²) in [6, 6.07) is 15.1. The molecular weight excluding hydrogens is 372 g/mol. The zero-order valence-corrected chi connectivity index (χ0v) is 15.9. The molecule has 1 atom stereocenters. The molecule has 4 N–H and O–H groups in total. The van der Waals surface area contributed by atoms with Crippen molar-refractivity contribution in [2.45, 2.75) is 12.5 Å². The number of hydrogen-bond donors (Lipinski definition) is 4. The number of aromatic amines is 1. The third-order valence-corrected chi connectivity index (χ3v) is 5.33. The standard InChI is InChI=1S/C21H20N4O2S/c26-13-15(12-14-4-2-1-3-5-14)24-20(27)17-8-11-28-21(17)25-18-7-10-23-19-16(18)6-9-22-19/h1-11,15,26H,12-13H2,(H,24,27)(H2,22,23,25)/t15-/m0/s1. The number of nitrogens with one attached hydrogen (secondary N) is 3. The molecule has 3 heterocycles. The van der Waals surface area contributed by atoms with E-state index in [1.54, 1.807) is 12.3 Å². The van der Waals surface area contributed by atoms with E-state index < -0.39 is 0 Å². The molecule has 0 bridgehead atoms. The van der Waals surface area contributed by atoms with Crippen LogP contribution in [-0.2, 0) is 6.42 Å². The van der Waals surface area contributed by atoms with Gasteiger partial charge in [0.25, 0.3) is 5.91 Å². The fourth-order valence-electron chi connectivity index (χ4n) is 3.10. The average Bonchev–Trinajstić information content (AvgIpc) is 3.38. The maximum absolute atomic E-state index is 12.8. The Balaban J connectivity index is 1.50. The Morgan fingerprint density at radius 1 is 1.18 bits per heavy atom. The van der Waals surface area contributed by atoms with E-state index in [4.69, 9.17) is 0 Å². The predicted molar refractivity (Wildman–Crippen MR) is 112 cm³/mol. The van der Waals surface area contributed by atoms with Gasteiger partial charge in [-0.05, 0) is 35.6 Å². The van der Waals surface area contributed by atoms with Crippen molar-refractivity contribution in [2.75, 3.05) is 11.9 Å². The summed E-state index contributed by atoms with van der Waals surface area (Å²) in [6.07, 6.45) is 4.13. The molecule has 3 aromatic heterocycles. The Morgan fingerprint density at radius 3 is 2.86 bits per heavy atom. The second kappa shape index (κ2) is 8.24. The number of aromatic nitrogens is 2. The zero-order chi connectivity index (χ0) is 19.3. The lowest BCUT2D eigenvalue weighted by Crippen LogP contribution is -2.39. The smallest absolute Gasteiger partial charge is 0.254 e. The lowest BCUT2D eigenvalue weighted by molar-refractivity contribution is 0.0918. The van der Waals surface area contributed by atoms with Crippen LogP contribution in [0.5, 0.6) is 0 Å². The minimum Gasteiger partial charge on any atom is -0.394 e. The first-order chi connectivity index (χ1) is 13.7. The molecule has 1 amide bonds. The third-order valence-electron chi connectivity index (χ3n) is 4.50. The van der Waals surface area contributed by atoms with Gasteiger partial charge in [0.2, 0.25) is 0 Å². The van der Waals surface area contributed by atoms with Crippen LogP contribution in [0.25, 0.3) is 11.0 Å². The number of rotatable bonds is 7. The molecule has 0 fully saturated rings. The van der Waals surface area contributed by atoms with Gasteiger partial charge >= 0.3 is 0 Å². The second-order valence-corrected chi connectivity index (χ2v) is 7.35. The highest BCUT2D eigenvalue weighted by molar-refractivity contribution is 7.14. The molecule has 0 saturated carbocycles. The summed E-state index contributed by atoms with van der Waals surface area (Å²) in [5, 5.41) is 19.6. The molecule has 28 heavy (non-hydrogen) atoms. The highest BCUT2D eigenvalue weighted by Crippen LogP contribution is 2.30. The number of hydrogen-bond acceptors (Lipinski definition) is 5. The molecule has 0 aliphatic carbocycles. The van der Waals surface area contributed by atoms with Gasteiger partial charge in [0, 0.05) is 17.8 Å². The van der Waals surface area contributed by atoms with E-state index in [-0.39, 0.29) is 18.6 Å². The van der Waals surface area contributed by atoms with Crippen LogP contribution in [0.15, 0.2) is 66.3 Å². The van der Waals surface area contributed by atoms with Gasteiger partial charge in [0.15, 0.2) is 0 Å². The Kier molecular flexibility index (Phi) is 5.36. The number of benzene rings is 1. The quantitative estimate of drug-likeness (QED) is 0.386. The Hall–Kier alpha value is -3.16. The van der Waals surface area contributed by atoms with Crippen LogP contribution in [0.4, 0.5) is 10.7 Å². The van der Waals surface area contributed by atoms with Crippen molar-refractivity contribution >= 4 is 39.0 Å². The molecule has 6 nitrogen and oxygen atoms in total. The van der Waals surface area contributed by atoms with E-state index in [2.05, 4.69) is 20.6 Å². The van der Waals surface area contributed by atoms with Crippen LogP contribution in [0.3, 0.4) is 0 Å². The molecule has 4 rings (SSSR count). The Labute approximate surface area is 166 Å². The van der Waals surface area contributed by atoms with Gasteiger partial charge in [-0.2, -0.15) is 0 Å². The molecule has 0 aliphatic rings. The van der Waals surface area contributed by atoms with Crippen molar-refractivity contribution in [1.82, 2.24) is 15.3 Å². The summed E-state index contributed by atoms with van der Waals surface area (Å²) in [6.45, 7) is -0.123. The fraction of sp³-hybridized carbons (Fsp3) is 0.143. The number of carbonyl (C=O) groups is 1. The molecule has 142 valence electrons. The van der Waals surface area contributed by atoms with Gasteiger partial charge in [-0.15, -0.1) is 11.3 Å². The van der Waals surface area contributed by atoms with Crippen molar-refractivity contribution in [3.63, 3.8) is 0 Å². The van der Waals surface area contributed by atoms with Crippen LogP contribution in [-0.4, -0.2) is 33.6 Å². The summed E-state index contributed by atoms with van der Waals surface area (Å²) >= 11 is 1.46. The molecular formula is C21H20N4O2S. The molecule has 0 unspecified atom stereocenters. The van der Waals surface area contributed by atoms with Gasteiger partial charge in [0.1, 0.15) is 10.6 Å². The number of anilines is 2. The highest BCUT2D eigenvalue weighted by Gasteiger charge is 2.18. The number of amides is 1. The van der Waals surface area contributed by atoms with Gasteiger partial charge in [-0.25, -0.2) is 4.98 Å². The summed E-state index contributed by atoms with van der Waals surface area (Å²) in [5.74, 6) is -0.210. The van der Waals surface area contributed by atoms with Crippen molar-refractivity contribution in [3.05, 3.63) is 77.4 Å². The van der Waals surface area contributed by atoms with Crippen molar-refractivity contribution in [3.8, 4) is 0 Å². The van der Waals surface area contributed by atoms with Gasteiger partial charge in [-0.3, -0.25) is 4.79 Å². The Morgan fingerprint density at radius 2 is 2.04 bits per heavy atom. The van der Waals surface area contributed by atoms with Crippen LogP contribution in [0.1, 0.15) is 15.9 Å².